The molecule has 2 bridgehead atoms. The van der Waals surface area contributed by atoms with E-state index in [0.717, 1.165) is 24.3 Å². The van der Waals surface area contributed by atoms with Crippen LogP contribution in [-0.4, -0.2) is 55.4 Å². The van der Waals surface area contributed by atoms with Crippen LogP contribution in [-0.2, 0) is 14.3 Å². The quantitative estimate of drug-likeness (QED) is 0.715. The van der Waals surface area contributed by atoms with Gasteiger partial charge in [0, 0.05) is 30.0 Å². The van der Waals surface area contributed by atoms with Gasteiger partial charge >= 0.3 is 12.1 Å². The monoisotopic (exact) mass is 394 g/mol. The number of nitrogens with zero attached hydrogens (tertiary/aromatic N) is 2. The summed E-state index contributed by atoms with van der Waals surface area (Å²) < 4.78 is 24.8. The maximum absolute atomic E-state index is 14.9. The molecule has 6 nitrogen and oxygen atoms in total. The molecule has 0 aliphatic carbocycles. The summed E-state index contributed by atoms with van der Waals surface area (Å²) in [4.78, 5) is 27.1. The minimum atomic E-state index is -0.508. The Balaban J connectivity index is 1.46. The molecule has 1 amide bonds. The predicted molar refractivity (Wildman–Crippen MR) is 102 cm³/mol. The van der Waals surface area contributed by atoms with Crippen LogP contribution in [0.2, 0.25) is 0 Å². The Labute approximate surface area is 162 Å². The number of carbonyl (C=O) groups is 2. The van der Waals surface area contributed by atoms with Crippen LogP contribution in [0, 0.1) is 5.82 Å². The fraction of sp³-hybridized carbons (Fsp3) is 0.579. The van der Waals surface area contributed by atoms with Crippen molar-refractivity contribution >= 4 is 35.2 Å². The van der Waals surface area contributed by atoms with Crippen LogP contribution in [0.4, 0.5) is 20.6 Å². The van der Waals surface area contributed by atoms with Gasteiger partial charge in [0.25, 0.3) is 0 Å². The van der Waals surface area contributed by atoms with Crippen LogP contribution in [0.1, 0.15) is 25.7 Å². The highest BCUT2D eigenvalue weighted by Crippen LogP contribution is 2.40. The Hall–Kier alpha value is -1.96. The smallest absolute Gasteiger partial charge is 0.414 e. The zero-order chi connectivity index (χ0) is 19.0. The van der Waals surface area contributed by atoms with Crippen LogP contribution >= 0.6 is 11.8 Å². The second-order valence-corrected chi connectivity index (χ2v) is 8.27. The first-order valence-electron chi connectivity index (χ1n) is 9.27. The van der Waals surface area contributed by atoms with Gasteiger partial charge in [-0.3, -0.25) is 9.69 Å². The molecule has 4 rings (SSSR count). The summed E-state index contributed by atoms with van der Waals surface area (Å²) in [5.74, 6) is 1.44. The van der Waals surface area contributed by atoms with Crippen LogP contribution in [0.15, 0.2) is 18.2 Å². The second-order valence-electron chi connectivity index (χ2n) is 7.20. The van der Waals surface area contributed by atoms with Crippen molar-refractivity contribution in [3.8, 4) is 0 Å². The molecule has 0 saturated carbocycles. The van der Waals surface area contributed by atoms with Crippen molar-refractivity contribution in [2.24, 2.45) is 0 Å². The number of hydrogen-bond acceptors (Lipinski definition) is 6. The average molecular weight is 394 g/mol. The fourth-order valence-corrected chi connectivity index (χ4v) is 5.49. The summed E-state index contributed by atoms with van der Waals surface area (Å²) in [5, 5.41) is 0. The molecule has 0 N–H and O–H groups in total. The summed E-state index contributed by atoms with van der Waals surface area (Å²) in [7, 11) is 1.33. The third kappa shape index (κ3) is 3.59. The Bertz CT molecular complexity index is 730. The number of rotatable bonds is 5. The molecule has 3 fully saturated rings. The molecule has 3 atom stereocenters. The number of esters is 1. The van der Waals surface area contributed by atoms with E-state index in [1.54, 1.807) is 12.1 Å². The zero-order valence-electron chi connectivity index (χ0n) is 15.2. The largest absolute Gasteiger partial charge is 0.469 e. The number of thioether (sulfide) groups is 1. The molecular formula is C19H23FN2O4S. The first kappa shape index (κ1) is 18.4. The Kier molecular flexibility index (Phi) is 5.16. The number of benzene rings is 1. The highest BCUT2D eigenvalue weighted by Gasteiger charge is 2.39. The molecule has 8 heteroatoms. The first-order chi connectivity index (χ1) is 13.1. The van der Waals surface area contributed by atoms with E-state index in [9.17, 15) is 14.0 Å². The van der Waals surface area contributed by atoms with E-state index in [2.05, 4.69) is 9.64 Å². The van der Waals surface area contributed by atoms with Crippen molar-refractivity contribution in [3.63, 3.8) is 0 Å². The predicted octanol–water partition coefficient (Wildman–Crippen LogP) is 3.19. The molecule has 3 aliphatic heterocycles. The van der Waals surface area contributed by atoms with Gasteiger partial charge in [0.2, 0.25) is 0 Å². The van der Waals surface area contributed by atoms with Gasteiger partial charge in [-0.05, 0) is 37.5 Å². The van der Waals surface area contributed by atoms with Gasteiger partial charge in [0.1, 0.15) is 11.9 Å². The molecule has 1 aromatic rings. The molecule has 0 radical (unpaired) electrons. The normalized spacial score (nSPS) is 27.0. The summed E-state index contributed by atoms with van der Waals surface area (Å²) in [5.41, 5.74) is 1.11. The number of hydrogen-bond donors (Lipinski definition) is 0. The lowest BCUT2D eigenvalue weighted by molar-refractivity contribution is -0.141. The van der Waals surface area contributed by atoms with Crippen molar-refractivity contribution in [1.29, 1.82) is 0 Å². The molecule has 146 valence electrons. The van der Waals surface area contributed by atoms with Crippen LogP contribution in [0.5, 0.6) is 0 Å². The van der Waals surface area contributed by atoms with E-state index in [-0.39, 0.29) is 18.2 Å². The number of fused-ring (bicyclic) bond motifs is 2. The van der Waals surface area contributed by atoms with E-state index in [0.29, 0.717) is 36.4 Å². The third-order valence-corrected chi connectivity index (χ3v) is 6.77. The fourth-order valence-electron chi connectivity index (χ4n) is 4.16. The molecule has 27 heavy (non-hydrogen) atoms. The van der Waals surface area contributed by atoms with Crippen LogP contribution < -0.4 is 9.80 Å². The molecule has 3 saturated heterocycles. The highest BCUT2D eigenvalue weighted by molar-refractivity contribution is 7.99. The minimum absolute atomic E-state index is 0.186. The second kappa shape index (κ2) is 7.58. The maximum atomic E-state index is 14.9. The Morgan fingerprint density at radius 3 is 2.74 bits per heavy atom. The van der Waals surface area contributed by atoms with Gasteiger partial charge in [-0.15, -0.1) is 0 Å². The standard InChI is InChI=1S/C19H23FN2O4S/c1-25-18(23)7-5-15-9-21(19(24)26-15)12-4-6-17(16(20)8-12)22-13-2-3-14(22)11-27-10-13/h4,6,8,13-15H,2-3,5,7,9-11H2,1H3/t13?,14?,15-/m0/s1. The zero-order valence-corrected chi connectivity index (χ0v) is 16.0. The van der Waals surface area contributed by atoms with Crippen LogP contribution in [0.3, 0.4) is 0 Å². The highest BCUT2D eigenvalue weighted by atomic mass is 32.2. The van der Waals surface area contributed by atoms with E-state index in [1.165, 1.54) is 18.1 Å². The van der Waals surface area contributed by atoms with Gasteiger partial charge in [0.15, 0.2) is 0 Å². The molecule has 0 aromatic heterocycles. The van der Waals surface area contributed by atoms with Gasteiger partial charge in [-0.1, -0.05) is 0 Å². The van der Waals surface area contributed by atoms with Crippen molar-refractivity contribution in [2.45, 2.75) is 43.9 Å². The molecule has 0 spiro atoms. The van der Waals surface area contributed by atoms with Crippen molar-refractivity contribution < 1.29 is 23.5 Å². The summed E-state index contributed by atoms with van der Waals surface area (Å²) in [6.45, 7) is 0.306. The maximum Gasteiger partial charge on any atom is 0.414 e. The topological polar surface area (TPSA) is 59.1 Å². The van der Waals surface area contributed by atoms with Crippen LogP contribution in [0.25, 0.3) is 0 Å². The lowest BCUT2D eigenvalue weighted by Gasteiger charge is -2.36. The number of carbonyl (C=O) groups excluding carboxylic acids is 2. The van der Waals surface area contributed by atoms with E-state index in [1.807, 2.05) is 11.8 Å². The minimum Gasteiger partial charge on any atom is -0.469 e. The lowest BCUT2D eigenvalue weighted by Crippen LogP contribution is -2.43. The lowest BCUT2D eigenvalue weighted by atomic mass is 10.1. The molecule has 3 heterocycles. The van der Waals surface area contributed by atoms with Gasteiger partial charge in [0.05, 0.1) is 25.0 Å². The van der Waals surface area contributed by atoms with Gasteiger partial charge in [-0.2, -0.15) is 11.8 Å². The summed E-state index contributed by atoms with van der Waals surface area (Å²) >= 11 is 1.94. The number of halogens is 1. The molecule has 3 aliphatic rings. The molecule has 1 aromatic carbocycles. The van der Waals surface area contributed by atoms with Crippen molar-refractivity contribution in [1.82, 2.24) is 0 Å². The molecular weight excluding hydrogens is 371 g/mol. The first-order valence-corrected chi connectivity index (χ1v) is 10.4. The number of anilines is 2. The van der Waals surface area contributed by atoms with Crippen molar-refractivity contribution in [2.75, 3.05) is 35.0 Å². The summed E-state index contributed by atoms with van der Waals surface area (Å²) in [6, 6.07) is 5.77. The Morgan fingerprint density at radius 1 is 1.33 bits per heavy atom. The van der Waals surface area contributed by atoms with Gasteiger partial charge in [-0.25, -0.2) is 9.18 Å². The SMILES string of the molecule is COC(=O)CC[C@H]1CN(c2ccc(N3C4CCC3CSC4)c(F)c2)C(=O)O1. The molecule has 2 unspecified atom stereocenters. The number of cyclic esters (lactones) is 1. The van der Waals surface area contributed by atoms with Gasteiger partial charge < -0.3 is 14.4 Å². The van der Waals surface area contributed by atoms with E-state index >= 15 is 0 Å². The Morgan fingerprint density at radius 2 is 2.07 bits per heavy atom. The third-order valence-electron chi connectivity index (χ3n) is 5.53. The summed E-state index contributed by atoms with van der Waals surface area (Å²) in [6.07, 6.45) is 1.90. The van der Waals surface area contributed by atoms with E-state index in [4.69, 9.17) is 4.74 Å². The number of ether oxygens (including phenoxy) is 2. The number of methoxy groups -OCH3 is 1. The van der Waals surface area contributed by atoms with Crippen molar-refractivity contribution in [3.05, 3.63) is 24.0 Å². The average Bonchev–Trinajstić information content (AvgIpc) is 3.15. The van der Waals surface area contributed by atoms with E-state index < -0.39 is 12.2 Å². The number of amides is 1.